The summed E-state index contributed by atoms with van der Waals surface area (Å²) in [5.41, 5.74) is 4.26. The smallest absolute Gasteiger partial charge is 0.251 e. The van der Waals surface area contributed by atoms with Gasteiger partial charge < -0.3 is 14.5 Å². The van der Waals surface area contributed by atoms with Crippen LogP contribution in [0.15, 0.2) is 29.2 Å². The molecular weight excluding hydrogens is 342 g/mol. The van der Waals surface area contributed by atoms with Crippen molar-refractivity contribution in [2.24, 2.45) is 5.92 Å². The van der Waals surface area contributed by atoms with E-state index in [1.165, 1.54) is 0 Å². The molecule has 1 fully saturated rings. The Bertz CT molecular complexity index is 1130. The fourth-order valence-electron chi connectivity index (χ4n) is 4.62. The SMILES string of the molecule is CC(=O)N1C[C@@H]2C[C@H](C1)c1cc(-c3nc(C)nc4cc[nH]c34)cc(=O)n1C2. The number of rotatable bonds is 1. The summed E-state index contributed by atoms with van der Waals surface area (Å²) >= 11 is 0. The van der Waals surface area contributed by atoms with Crippen LogP contribution in [0.4, 0.5) is 0 Å². The molecule has 138 valence electrons. The van der Waals surface area contributed by atoms with Crippen LogP contribution >= 0.6 is 0 Å². The predicted molar refractivity (Wildman–Crippen MR) is 101 cm³/mol. The molecule has 0 saturated carbocycles. The van der Waals surface area contributed by atoms with Crippen molar-refractivity contribution in [1.29, 1.82) is 0 Å². The Morgan fingerprint density at radius 1 is 1.22 bits per heavy atom. The zero-order valence-electron chi connectivity index (χ0n) is 15.4. The average Bonchev–Trinajstić information content (AvgIpc) is 3.09. The molecule has 3 aromatic heterocycles. The highest BCUT2D eigenvalue weighted by Gasteiger charge is 2.35. The third-order valence-electron chi connectivity index (χ3n) is 5.79. The Labute approximate surface area is 156 Å². The molecule has 3 aromatic rings. The van der Waals surface area contributed by atoms with Gasteiger partial charge >= 0.3 is 0 Å². The molecule has 2 aliphatic heterocycles. The molecule has 7 heteroatoms. The van der Waals surface area contributed by atoms with Crippen molar-refractivity contribution in [1.82, 2.24) is 24.4 Å². The number of hydrogen-bond acceptors (Lipinski definition) is 4. The first-order valence-corrected chi connectivity index (χ1v) is 9.32. The number of hydrogen-bond donors (Lipinski definition) is 1. The van der Waals surface area contributed by atoms with E-state index in [1.807, 2.05) is 28.7 Å². The van der Waals surface area contributed by atoms with Gasteiger partial charge in [-0.05, 0) is 31.4 Å². The van der Waals surface area contributed by atoms with Crippen LogP contribution in [-0.2, 0) is 11.3 Å². The lowest BCUT2D eigenvalue weighted by atomic mass is 9.82. The highest BCUT2D eigenvalue weighted by Crippen LogP contribution is 2.37. The topological polar surface area (TPSA) is 83.9 Å². The third kappa shape index (κ3) is 2.57. The molecular formula is C20H21N5O2. The highest BCUT2D eigenvalue weighted by atomic mass is 16.2. The summed E-state index contributed by atoms with van der Waals surface area (Å²) in [5, 5.41) is 0. The molecule has 2 aliphatic rings. The van der Waals surface area contributed by atoms with Crippen molar-refractivity contribution < 1.29 is 4.79 Å². The minimum atomic E-state index is 0.00412. The molecule has 5 rings (SSSR count). The number of nitrogens with zero attached hydrogens (tertiary/aromatic N) is 4. The van der Waals surface area contributed by atoms with Crippen LogP contribution in [0.1, 0.15) is 30.8 Å². The molecule has 5 heterocycles. The van der Waals surface area contributed by atoms with Crippen LogP contribution in [0.3, 0.4) is 0 Å². The van der Waals surface area contributed by atoms with Crippen LogP contribution in [0.5, 0.6) is 0 Å². The van der Waals surface area contributed by atoms with E-state index in [2.05, 4.69) is 21.0 Å². The van der Waals surface area contributed by atoms with Gasteiger partial charge in [0, 0.05) is 56.0 Å². The van der Waals surface area contributed by atoms with E-state index < -0.39 is 0 Å². The van der Waals surface area contributed by atoms with Gasteiger partial charge in [-0.3, -0.25) is 9.59 Å². The van der Waals surface area contributed by atoms with Crippen molar-refractivity contribution in [2.75, 3.05) is 13.1 Å². The van der Waals surface area contributed by atoms with Gasteiger partial charge in [-0.15, -0.1) is 0 Å². The number of nitrogens with one attached hydrogen (secondary N) is 1. The van der Waals surface area contributed by atoms with E-state index in [9.17, 15) is 9.59 Å². The molecule has 0 radical (unpaired) electrons. The van der Waals surface area contributed by atoms with Gasteiger partial charge in [-0.1, -0.05) is 0 Å². The maximum Gasteiger partial charge on any atom is 0.251 e. The first-order valence-electron chi connectivity index (χ1n) is 9.32. The van der Waals surface area contributed by atoms with E-state index in [-0.39, 0.29) is 17.4 Å². The van der Waals surface area contributed by atoms with Gasteiger partial charge in [-0.2, -0.15) is 0 Å². The molecule has 0 spiro atoms. The molecule has 7 nitrogen and oxygen atoms in total. The molecule has 2 atom stereocenters. The van der Waals surface area contributed by atoms with Gasteiger partial charge in [0.2, 0.25) is 5.91 Å². The maximum atomic E-state index is 12.9. The van der Waals surface area contributed by atoms with Crippen LogP contribution < -0.4 is 5.56 Å². The number of pyridine rings is 1. The number of amides is 1. The van der Waals surface area contributed by atoms with Crippen molar-refractivity contribution in [3.63, 3.8) is 0 Å². The summed E-state index contributed by atoms with van der Waals surface area (Å²) in [6, 6.07) is 5.67. The zero-order chi connectivity index (χ0) is 18.7. The van der Waals surface area contributed by atoms with E-state index in [4.69, 9.17) is 0 Å². The number of fused-ring (bicyclic) bond motifs is 5. The Balaban J connectivity index is 1.66. The molecule has 1 N–H and O–H groups in total. The molecule has 0 aliphatic carbocycles. The Kier molecular flexibility index (Phi) is 3.47. The van der Waals surface area contributed by atoms with Crippen molar-refractivity contribution in [2.45, 2.75) is 32.7 Å². The monoisotopic (exact) mass is 363 g/mol. The number of piperidine rings is 1. The van der Waals surface area contributed by atoms with E-state index in [0.29, 0.717) is 24.8 Å². The summed E-state index contributed by atoms with van der Waals surface area (Å²) in [7, 11) is 0. The van der Waals surface area contributed by atoms with E-state index in [0.717, 1.165) is 41.0 Å². The normalized spacial score (nSPS) is 21.3. The number of likely N-dealkylation sites (tertiary alicyclic amines) is 1. The number of carbonyl (C=O) groups excluding carboxylic acids is 1. The fourth-order valence-corrected chi connectivity index (χ4v) is 4.62. The van der Waals surface area contributed by atoms with Gasteiger partial charge in [0.25, 0.3) is 5.56 Å². The molecule has 2 bridgehead atoms. The molecule has 0 unspecified atom stereocenters. The summed E-state index contributed by atoms with van der Waals surface area (Å²) < 4.78 is 1.89. The zero-order valence-corrected chi connectivity index (χ0v) is 15.4. The summed E-state index contributed by atoms with van der Waals surface area (Å²) in [6.45, 7) is 5.58. The molecule has 1 saturated heterocycles. The second kappa shape index (κ2) is 5.77. The maximum absolute atomic E-state index is 12.9. The van der Waals surface area contributed by atoms with Crippen LogP contribution in [0, 0.1) is 12.8 Å². The number of carbonyl (C=O) groups is 1. The third-order valence-corrected chi connectivity index (χ3v) is 5.79. The molecule has 0 aromatic carbocycles. The minimum Gasteiger partial charge on any atom is -0.358 e. The van der Waals surface area contributed by atoms with Gasteiger partial charge in [0.15, 0.2) is 0 Å². The summed E-state index contributed by atoms with van der Waals surface area (Å²) in [6.07, 6.45) is 2.86. The lowest BCUT2D eigenvalue weighted by molar-refractivity contribution is -0.131. The summed E-state index contributed by atoms with van der Waals surface area (Å²) in [5.74, 6) is 1.32. The highest BCUT2D eigenvalue weighted by molar-refractivity contribution is 5.89. The second-order valence-corrected chi connectivity index (χ2v) is 7.70. The van der Waals surface area contributed by atoms with Crippen LogP contribution in [0.25, 0.3) is 22.3 Å². The van der Waals surface area contributed by atoms with Crippen molar-refractivity contribution >= 4 is 16.9 Å². The predicted octanol–water partition coefficient (Wildman–Crippen LogP) is 2.06. The quantitative estimate of drug-likeness (QED) is 0.717. The second-order valence-electron chi connectivity index (χ2n) is 7.70. The Morgan fingerprint density at radius 3 is 2.89 bits per heavy atom. The Hall–Kier alpha value is -2.96. The molecule has 1 amide bonds. The van der Waals surface area contributed by atoms with Gasteiger partial charge in [0.05, 0.1) is 16.7 Å². The van der Waals surface area contributed by atoms with Crippen LogP contribution in [0.2, 0.25) is 0 Å². The van der Waals surface area contributed by atoms with Gasteiger partial charge in [-0.25, -0.2) is 9.97 Å². The lowest BCUT2D eigenvalue weighted by Gasteiger charge is -2.42. The standard InChI is InChI=1S/C20H21N5O2/c1-11-22-16-3-4-21-20(16)19(23-11)14-6-17-15-5-13(8-24(10-15)12(2)26)9-25(17)18(27)7-14/h3-4,6-7,13,15,21H,5,8-10H2,1-2H3/t13-,15+/m0/s1. The first-order chi connectivity index (χ1) is 13.0. The number of aryl methyl sites for hydroxylation is 1. The lowest BCUT2D eigenvalue weighted by Crippen LogP contribution is -2.48. The van der Waals surface area contributed by atoms with Crippen molar-refractivity contribution in [3.8, 4) is 11.3 Å². The van der Waals surface area contributed by atoms with E-state index in [1.54, 1.807) is 13.0 Å². The fraction of sp³-hybridized carbons (Fsp3) is 0.400. The molecule has 27 heavy (non-hydrogen) atoms. The minimum absolute atomic E-state index is 0.00412. The van der Waals surface area contributed by atoms with Crippen molar-refractivity contribution in [3.05, 3.63) is 46.3 Å². The van der Waals surface area contributed by atoms with Gasteiger partial charge in [0.1, 0.15) is 5.82 Å². The first kappa shape index (κ1) is 16.2. The van der Waals surface area contributed by atoms with E-state index >= 15 is 0 Å². The number of aromatic amines is 1. The Morgan fingerprint density at radius 2 is 2.07 bits per heavy atom. The summed E-state index contributed by atoms with van der Waals surface area (Å²) in [4.78, 5) is 38.9. The largest absolute Gasteiger partial charge is 0.358 e. The average molecular weight is 363 g/mol. The number of H-pyrrole nitrogens is 1. The number of aromatic nitrogens is 4. The van der Waals surface area contributed by atoms with Crippen LogP contribution in [-0.4, -0.2) is 43.4 Å².